The van der Waals surface area contributed by atoms with E-state index in [1.807, 2.05) is 6.07 Å². The lowest BCUT2D eigenvalue weighted by molar-refractivity contribution is 0.127. The molecule has 1 aliphatic heterocycles. The Morgan fingerprint density at radius 1 is 1.28 bits per heavy atom. The highest BCUT2D eigenvalue weighted by molar-refractivity contribution is 7.09. The second kappa shape index (κ2) is 11.3. The topological polar surface area (TPSA) is 78.8 Å². The molecule has 0 radical (unpaired) electrons. The van der Waals surface area contributed by atoms with E-state index in [1.54, 1.807) is 11.3 Å². The third kappa shape index (κ3) is 6.80. The van der Waals surface area contributed by atoms with Crippen LogP contribution in [0.1, 0.15) is 36.0 Å². The highest BCUT2D eigenvalue weighted by atomic mass is 32.1. The number of nitrogens with zero attached hydrogens (tertiary/aromatic N) is 2. The number of aromatic nitrogens is 1. The number of aliphatic hydroxyl groups excluding tert-OH is 1. The molecule has 0 aliphatic carbocycles. The van der Waals surface area contributed by atoms with Crippen molar-refractivity contribution in [2.75, 3.05) is 32.9 Å². The Kier molecular flexibility index (Phi) is 8.46. The number of ether oxygens (including phenoxy) is 1. The average molecular weight is 417 g/mol. The monoisotopic (exact) mass is 416 g/mol. The molecule has 3 rings (SSSR count). The van der Waals surface area contributed by atoms with Crippen LogP contribution in [0.5, 0.6) is 0 Å². The molecule has 2 heterocycles. The Hall–Kier alpha value is -1.96. The number of thiazole rings is 1. The first-order valence-electron chi connectivity index (χ1n) is 10.4. The van der Waals surface area contributed by atoms with E-state index in [2.05, 4.69) is 47.2 Å². The number of nitrogens with one attached hydrogen (secondary N) is 2. The number of aryl methyl sites for hydroxylation is 2. The SMILES string of the molecule is CCNC(=NCc1csc(CCc2ccccc2)n1)NCC1(CCO)CCOC1. The first-order valence-corrected chi connectivity index (χ1v) is 11.3. The van der Waals surface area contributed by atoms with Gasteiger partial charge in [0, 0.05) is 43.5 Å². The Morgan fingerprint density at radius 2 is 2.14 bits per heavy atom. The maximum atomic E-state index is 9.39. The van der Waals surface area contributed by atoms with Crippen molar-refractivity contribution < 1.29 is 9.84 Å². The van der Waals surface area contributed by atoms with Crippen molar-refractivity contribution in [2.24, 2.45) is 10.4 Å². The fraction of sp³-hybridized carbons (Fsp3) is 0.545. The van der Waals surface area contributed by atoms with E-state index in [9.17, 15) is 5.11 Å². The molecule has 158 valence electrons. The molecule has 2 aromatic rings. The first kappa shape index (κ1) is 21.7. The summed E-state index contributed by atoms with van der Waals surface area (Å²) in [7, 11) is 0. The standard InChI is InChI=1S/C22H32N4O2S/c1-2-23-21(25-16-22(10-12-27)11-13-28-17-22)24-14-19-15-29-20(26-19)9-8-18-6-4-3-5-7-18/h3-7,15,27H,2,8-14,16-17H2,1H3,(H2,23,24,25). The molecule has 1 unspecified atom stereocenters. The van der Waals surface area contributed by atoms with Crippen LogP contribution >= 0.6 is 11.3 Å². The lowest BCUT2D eigenvalue weighted by Gasteiger charge is -2.27. The average Bonchev–Trinajstić information content (AvgIpc) is 3.40. The first-order chi connectivity index (χ1) is 14.2. The third-order valence-electron chi connectivity index (χ3n) is 5.27. The summed E-state index contributed by atoms with van der Waals surface area (Å²) in [6.07, 6.45) is 3.68. The van der Waals surface area contributed by atoms with Crippen LogP contribution in [0.4, 0.5) is 0 Å². The highest BCUT2D eigenvalue weighted by Gasteiger charge is 2.34. The zero-order valence-corrected chi connectivity index (χ0v) is 18.0. The summed E-state index contributed by atoms with van der Waals surface area (Å²) < 4.78 is 5.57. The molecule has 0 bridgehead atoms. The Balaban J connectivity index is 1.52. The highest BCUT2D eigenvalue weighted by Crippen LogP contribution is 2.31. The summed E-state index contributed by atoms with van der Waals surface area (Å²) in [6.45, 7) is 5.80. The van der Waals surface area contributed by atoms with Crippen LogP contribution in [-0.2, 0) is 24.1 Å². The number of hydrogen-bond donors (Lipinski definition) is 3. The van der Waals surface area contributed by atoms with E-state index >= 15 is 0 Å². The molecule has 1 aromatic heterocycles. The van der Waals surface area contributed by atoms with Crippen LogP contribution < -0.4 is 10.6 Å². The molecule has 1 aromatic carbocycles. The predicted molar refractivity (Wildman–Crippen MR) is 118 cm³/mol. The van der Waals surface area contributed by atoms with Crippen molar-refractivity contribution in [1.82, 2.24) is 15.6 Å². The zero-order valence-electron chi connectivity index (χ0n) is 17.2. The molecular formula is C22H32N4O2S. The van der Waals surface area contributed by atoms with Crippen molar-refractivity contribution in [3.05, 3.63) is 52.0 Å². The van der Waals surface area contributed by atoms with Gasteiger partial charge < -0.3 is 20.5 Å². The minimum atomic E-state index is -0.00379. The van der Waals surface area contributed by atoms with Crippen LogP contribution in [-0.4, -0.2) is 49.0 Å². The molecule has 1 aliphatic rings. The van der Waals surface area contributed by atoms with Crippen molar-refractivity contribution in [3.8, 4) is 0 Å². The fourth-order valence-corrected chi connectivity index (χ4v) is 4.31. The van der Waals surface area contributed by atoms with Gasteiger partial charge in [-0.15, -0.1) is 11.3 Å². The molecule has 29 heavy (non-hydrogen) atoms. The second-order valence-electron chi connectivity index (χ2n) is 7.54. The van der Waals surface area contributed by atoms with E-state index in [-0.39, 0.29) is 12.0 Å². The van der Waals surface area contributed by atoms with Gasteiger partial charge in [0.25, 0.3) is 0 Å². The van der Waals surface area contributed by atoms with Crippen LogP contribution in [0, 0.1) is 5.41 Å². The van der Waals surface area contributed by atoms with Gasteiger partial charge in [0.1, 0.15) is 0 Å². The lowest BCUT2D eigenvalue weighted by Crippen LogP contribution is -2.44. The summed E-state index contributed by atoms with van der Waals surface area (Å²) in [5, 5.41) is 19.4. The summed E-state index contributed by atoms with van der Waals surface area (Å²) in [4.78, 5) is 9.44. The molecule has 6 nitrogen and oxygen atoms in total. The smallest absolute Gasteiger partial charge is 0.191 e. The van der Waals surface area contributed by atoms with Gasteiger partial charge >= 0.3 is 0 Å². The number of benzene rings is 1. The van der Waals surface area contributed by atoms with Gasteiger partial charge in [0.15, 0.2) is 5.96 Å². The normalized spacial score (nSPS) is 19.4. The molecule has 1 saturated heterocycles. The molecule has 0 amide bonds. The van der Waals surface area contributed by atoms with E-state index in [4.69, 9.17) is 14.7 Å². The maximum absolute atomic E-state index is 9.39. The maximum Gasteiger partial charge on any atom is 0.191 e. The summed E-state index contributed by atoms with van der Waals surface area (Å²) in [5.74, 6) is 0.788. The zero-order chi connectivity index (χ0) is 20.4. The van der Waals surface area contributed by atoms with Crippen LogP contribution in [0.15, 0.2) is 40.7 Å². The Bertz CT molecular complexity index is 757. The predicted octanol–water partition coefficient (Wildman–Crippen LogP) is 2.77. The number of rotatable bonds is 10. The summed E-state index contributed by atoms with van der Waals surface area (Å²) >= 11 is 1.71. The van der Waals surface area contributed by atoms with E-state index in [0.29, 0.717) is 13.2 Å². The van der Waals surface area contributed by atoms with Gasteiger partial charge in [-0.3, -0.25) is 0 Å². The van der Waals surface area contributed by atoms with Crippen molar-refractivity contribution in [2.45, 2.75) is 39.2 Å². The fourth-order valence-electron chi connectivity index (χ4n) is 3.52. The van der Waals surface area contributed by atoms with Gasteiger partial charge in [-0.05, 0) is 31.7 Å². The van der Waals surface area contributed by atoms with Crippen molar-refractivity contribution >= 4 is 17.3 Å². The van der Waals surface area contributed by atoms with Crippen LogP contribution in [0.3, 0.4) is 0 Å². The number of aliphatic hydroxyl groups is 1. The van der Waals surface area contributed by atoms with Crippen molar-refractivity contribution in [1.29, 1.82) is 0 Å². The van der Waals surface area contributed by atoms with Crippen LogP contribution in [0.25, 0.3) is 0 Å². The molecule has 1 atom stereocenters. The van der Waals surface area contributed by atoms with Gasteiger partial charge in [-0.25, -0.2) is 9.98 Å². The summed E-state index contributed by atoms with van der Waals surface area (Å²) in [5.41, 5.74) is 2.34. The number of hydrogen-bond acceptors (Lipinski definition) is 5. The van der Waals surface area contributed by atoms with Gasteiger partial charge in [-0.2, -0.15) is 0 Å². The molecular weight excluding hydrogens is 384 g/mol. The van der Waals surface area contributed by atoms with E-state index in [1.165, 1.54) is 5.56 Å². The molecule has 0 spiro atoms. The minimum absolute atomic E-state index is 0.00379. The van der Waals surface area contributed by atoms with Gasteiger partial charge in [0.2, 0.25) is 0 Å². The Labute approximate surface area is 177 Å². The largest absolute Gasteiger partial charge is 0.396 e. The second-order valence-corrected chi connectivity index (χ2v) is 8.49. The quantitative estimate of drug-likeness (QED) is 0.410. The lowest BCUT2D eigenvalue weighted by atomic mass is 9.84. The molecule has 1 fully saturated rings. The summed E-state index contributed by atoms with van der Waals surface area (Å²) in [6, 6.07) is 10.5. The van der Waals surface area contributed by atoms with Crippen LogP contribution in [0.2, 0.25) is 0 Å². The number of aliphatic imine (C=N–C) groups is 1. The van der Waals surface area contributed by atoms with Gasteiger partial charge in [0.05, 0.1) is 23.9 Å². The molecule has 3 N–H and O–H groups in total. The van der Waals surface area contributed by atoms with Crippen molar-refractivity contribution in [3.63, 3.8) is 0 Å². The molecule has 0 saturated carbocycles. The van der Waals surface area contributed by atoms with Gasteiger partial charge in [-0.1, -0.05) is 30.3 Å². The number of guanidine groups is 1. The van der Waals surface area contributed by atoms with E-state index in [0.717, 1.165) is 62.0 Å². The minimum Gasteiger partial charge on any atom is -0.396 e. The third-order valence-corrected chi connectivity index (χ3v) is 6.23. The Morgan fingerprint density at radius 3 is 2.86 bits per heavy atom. The molecule has 7 heteroatoms. The van der Waals surface area contributed by atoms with E-state index < -0.39 is 0 Å².